The number of carbonyl (C=O) groups is 2. The van der Waals surface area contributed by atoms with Crippen molar-refractivity contribution in [2.24, 2.45) is 16.7 Å². The first-order valence-electron chi connectivity index (χ1n) is 15.3. The van der Waals surface area contributed by atoms with E-state index in [1.54, 1.807) is 0 Å². The molecule has 8 heteroatoms. The first-order chi connectivity index (χ1) is 19.9. The molecule has 3 fully saturated rings. The Morgan fingerprint density at radius 2 is 1.67 bits per heavy atom. The third kappa shape index (κ3) is 7.22. The maximum atomic E-state index is 12.2. The molecular weight excluding hydrogens is 532 g/mol. The lowest BCUT2D eigenvalue weighted by Crippen LogP contribution is -2.46. The summed E-state index contributed by atoms with van der Waals surface area (Å²) in [6, 6.07) is 16.1. The highest BCUT2D eigenvalue weighted by molar-refractivity contribution is 5.90. The van der Waals surface area contributed by atoms with Crippen molar-refractivity contribution in [3.63, 3.8) is 0 Å². The fourth-order valence-electron chi connectivity index (χ4n) is 7.70. The molecule has 2 unspecified atom stereocenters. The number of anilines is 1. The van der Waals surface area contributed by atoms with Gasteiger partial charge in [-0.15, -0.1) is 0 Å². The number of nitrogens with one attached hydrogen (secondary N) is 1. The molecule has 5 rings (SSSR count). The summed E-state index contributed by atoms with van der Waals surface area (Å²) in [5.74, 6) is -0.991. The van der Waals surface area contributed by atoms with Gasteiger partial charge in [-0.1, -0.05) is 64.1 Å². The summed E-state index contributed by atoms with van der Waals surface area (Å²) in [5, 5.41) is 21.2. The van der Waals surface area contributed by atoms with Crippen LogP contribution >= 0.6 is 0 Å². The van der Waals surface area contributed by atoms with Crippen LogP contribution in [0.4, 0.5) is 5.69 Å². The summed E-state index contributed by atoms with van der Waals surface area (Å²) in [6.07, 6.45) is 3.36. The third-order valence-corrected chi connectivity index (χ3v) is 9.32. The number of rotatable bonds is 10. The van der Waals surface area contributed by atoms with Crippen LogP contribution in [0.25, 0.3) is 0 Å². The fraction of sp³-hybridized carbons (Fsp3) is 0.588. The molecule has 2 saturated heterocycles. The van der Waals surface area contributed by atoms with Crippen LogP contribution in [0, 0.1) is 16.7 Å². The lowest BCUT2D eigenvalue weighted by Gasteiger charge is -2.43. The van der Waals surface area contributed by atoms with Gasteiger partial charge in [0.2, 0.25) is 5.91 Å². The number of aliphatic hydroxyl groups is 1. The minimum absolute atomic E-state index is 0.00360. The summed E-state index contributed by atoms with van der Waals surface area (Å²) < 4.78 is 13.4. The monoisotopic (exact) mass is 578 g/mol. The van der Waals surface area contributed by atoms with E-state index in [0.717, 1.165) is 29.8 Å². The summed E-state index contributed by atoms with van der Waals surface area (Å²) in [6.45, 7) is 11.4. The van der Waals surface area contributed by atoms with Crippen molar-refractivity contribution >= 4 is 17.6 Å². The fourth-order valence-corrected chi connectivity index (χ4v) is 7.70. The zero-order valence-electron chi connectivity index (χ0n) is 25.3. The minimum atomic E-state index is -0.902. The number of hydrogen-bond acceptors (Lipinski definition) is 6. The van der Waals surface area contributed by atoms with E-state index >= 15 is 0 Å². The Morgan fingerprint density at radius 3 is 2.33 bits per heavy atom. The number of benzene rings is 2. The zero-order chi connectivity index (χ0) is 30.1. The minimum Gasteiger partial charge on any atom is -0.481 e. The topological polar surface area (TPSA) is 108 Å². The van der Waals surface area contributed by atoms with Crippen LogP contribution in [-0.4, -0.2) is 52.2 Å². The molecule has 2 aromatic rings. The number of aliphatic hydroxyl groups excluding tert-OH is 1. The van der Waals surface area contributed by atoms with Gasteiger partial charge in [-0.2, -0.15) is 0 Å². The zero-order valence-corrected chi connectivity index (χ0v) is 25.3. The molecular formula is C34H46N2O6. The van der Waals surface area contributed by atoms with Gasteiger partial charge in [-0.3, -0.25) is 14.5 Å². The maximum Gasteiger partial charge on any atom is 0.303 e. The van der Waals surface area contributed by atoms with Crippen LogP contribution in [0.15, 0.2) is 48.5 Å². The van der Waals surface area contributed by atoms with Crippen LogP contribution in [0.3, 0.4) is 0 Å². The molecule has 1 amide bonds. The van der Waals surface area contributed by atoms with Crippen molar-refractivity contribution in [1.29, 1.82) is 0 Å². The van der Waals surface area contributed by atoms with Crippen molar-refractivity contribution in [2.75, 3.05) is 18.4 Å². The van der Waals surface area contributed by atoms with Crippen LogP contribution < -0.4 is 5.32 Å². The van der Waals surface area contributed by atoms with Crippen LogP contribution in [0.1, 0.15) is 95.3 Å². The average molecular weight is 579 g/mol. The highest BCUT2D eigenvalue weighted by atomic mass is 16.7. The predicted octanol–water partition coefficient (Wildman–Crippen LogP) is 6.06. The molecule has 0 radical (unpaired) electrons. The molecule has 1 saturated carbocycles. The lowest BCUT2D eigenvalue weighted by molar-refractivity contribution is -0.276. The van der Waals surface area contributed by atoms with Crippen molar-refractivity contribution in [1.82, 2.24) is 4.90 Å². The number of carbonyl (C=O) groups excluding carboxylic acids is 1. The molecule has 0 aromatic heterocycles. The Hall–Kier alpha value is -2.78. The largest absolute Gasteiger partial charge is 0.481 e. The molecule has 3 aliphatic rings. The first kappa shape index (κ1) is 30.7. The molecule has 6 atom stereocenters. The number of carboxylic acids is 1. The summed E-state index contributed by atoms with van der Waals surface area (Å²) in [4.78, 5) is 25.6. The van der Waals surface area contributed by atoms with E-state index in [1.165, 1.54) is 19.3 Å². The van der Waals surface area contributed by atoms with Crippen molar-refractivity contribution in [2.45, 2.75) is 97.4 Å². The smallest absolute Gasteiger partial charge is 0.303 e. The molecule has 42 heavy (non-hydrogen) atoms. The van der Waals surface area contributed by atoms with Gasteiger partial charge in [0, 0.05) is 49.1 Å². The summed E-state index contributed by atoms with van der Waals surface area (Å²) in [7, 11) is 0. The van der Waals surface area contributed by atoms with Crippen molar-refractivity contribution in [3.05, 3.63) is 65.2 Å². The molecule has 2 bridgehead atoms. The number of nitrogens with zero attached hydrogens (tertiary/aromatic N) is 1. The van der Waals surface area contributed by atoms with E-state index in [1.807, 2.05) is 48.5 Å². The second kappa shape index (κ2) is 12.4. The third-order valence-electron chi connectivity index (χ3n) is 9.32. The van der Waals surface area contributed by atoms with E-state index in [0.29, 0.717) is 29.0 Å². The Bertz CT molecular complexity index is 1250. The Labute approximate surface area is 249 Å². The van der Waals surface area contributed by atoms with Crippen molar-refractivity contribution in [3.8, 4) is 0 Å². The van der Waals surface area contributed by atoms with E-state index < -0.39 is 12.3 Å². The average Bonchev–Trinajstić information content (AvgIpc) is 3.17. The van der Waals surface area contributed by atoms with E-state index in [9.17, 15) is 14.7 Å². The predicted molar refractivity (Wildman–Crippen MR) is 161 cm³/mol. The highest BCUT2D eigenvalue weighted by Crippen LogP contribution is 2.53. The number of aliphatic carboxylic acids is 1. The van der Waals surface area contributed by atoms with Crippen LogP contribution in [0.5, 0.6) is 0 Å². The molecule has 0 spiro atoms. The number of amides is 1. The highest BCUT2D eigenvalue weighted by Gasteiger charge is 2.51. The number of hydrogen-bond donors (Lipinski definition) is 3. The Morgan fingerprint density at radius 1 is 0.976 bits per heavy atom. The van der Waals surface area contributed by atoms with Crippen molar-refractivity contribution < 1.29 is 29.3 Å². The number of fused-ring (bicyclic) bond motifs is 2. The number of ether oxygens (including phenoxy) is 2. The molecule has 1 aliphatic carbocycles. The standard InChI is InChI=1S/C34H46N2O6/c1-22-28(18-36-21-34(4)17-27(36)16-33(2,3)20-34)41-32(42-31(22)24-10-8-23(19-37)9-11-24)25-12-14-26(15-13-25)35-29(38)6-5-7-30(39)40/h8-15,22,27-28,31-32,37H,5-7,16-21H2,1-4H3,(H,35,38)(H,39,40)/t22-,27?,28+,31+,32+,34?/m0/s1. The van der Waals surface area contributed by atoms with E-state index in [2.05, 4.69) is 37.9 Å². The van der Waals surface area contributed by atoms with Gasteiger partial charge in [0.05, 0.1) is 18.8 Å². The number of carboxylic acid groups (broad SMARTS) is 1. The quantitative estimate of drug-likeness (QED) is 0.314. The Balaban J connectivity index is 1.33. The van der Waals surface area contributed by atoms with Gasteiger partial charge in [0.15, 0.2) is 6.29 Å². The molecule has 2 aromatic carbocycles. The first-order valence-corrected chi connectivity index (χ1v) is 15.3. The van der Waals surface area contributed by atoms with Crippen LogP contribution in [0.2, 0.25) is 0 Å². The second-order valence-corrected chi connectivity index (χ2v) is 13.9. The molecule has 228 valence electrons. The SMILES string of the molecule is C[C@H]1[C@@H](CN2CC3(C)CC2CC(C)(C)C3)O[C@@H](c2ccc(NC(=O)CCCC(=O)O)cc2)O[C@H]1c1ccc(CO)cc1. The molecule has 3 N–H and O–H groups in total. The number of likely N-dealkylation sites (tertiary alicyclic amines) is 1. The molecule has 2 aliphatic heterocycles. The van der Waals surface area contributed by atoms with Gasteiger partial charge in [-0.25, -0.2) is 0 Å². The normalized spacial score (nSPS) is 30.6. The lowest BCUT2D eigenvalue weighted by atomic mass is 9.65. The van der Waals surface area contributed by atoms with Gasteiger partial charge < -0.3 is 25.0 Å². The second-order valence-electron chi connectivity index (χ2n) is 13.9. The van der Waals surface area contributed by atoms with Gasteiger partial charge in [0.1, 0.15) is 0 Å². The molecule has 8 nitrogen and oxygen atoms in total. The summed E-state index contributed by atoms with van der Waals surface area (Å²) >= 11 is 0. The van der Waals surface area contributed by atoms with E-state index in [-0.39, 0.29) is 43.5 Å². The summed E-state index contributed by atoms with van der Waals surface area (Å²) in [5.41, 5.74) is 4.15. The van der Waals surface area contributed by atoms with Crippen LogP contribution in [-0.2, 0) is 25.7 Å². The molecule has 2 heterocycles. The van der Waals surface area contributed by atoms with Gasteiger partial charge in [-0.05, 0) is 59.8 Å². The van der Waals surface area contributed by atoms with Gasteiger partial charge in [0.25, 0.3) is 0 Å². The van der Waals surface area contributed by atoms with E-state index in [4.69, 9.17) is 14.6 Å². The Kier molecular flexibility index (Phi) is 9.09. The van der Waals surface area contributed by atoms with Gasteiger partial charge >= 0.3 is 5.97 Å². The maximum absolute atomic E-state index is 12.2.